The van der Waals surface area contributed by atoms with E-state index in [0.717, 1.165) is 0 Å². The molecule has 1 radical (unpaired) electrons. The molecule has 0 heterocycles. The van der Waals surface area contributed by atoms with Crippen molar-refractivity contribution in [3.8, 4) is 5.75 Å². The number of hydrogen-bond donors (Lipinski definition) is 0. The Morgan fingerprint density at radius 2 is 2.00 bits per heavy atom. The van der Waals surface area contributed by atoms with Gasteiger partial charge in [0.25, 0.3) is 0 Å². The molecule has 2 nitrogen and oxygen atoms in total. The highest BCUT2D eigenvalue weighted by atomic mass is 16.5. The van der Waals surface area contributed by atoms with E-state index >= 15 is 0 Å². The van der Waals surface area contributed by atoms with E-state index in [0.29, 0.717) is 5.75 Å². The molecule has 1 atom stereocenters. The zero-order valence-electron chi connectivity index (χ0n) is 6.99. The number of para-hydroxylation sites is 1. The molecule has 0 saturated carbocycles. The molecule has 0 N–H and O–H groups in total. The van der Waals surface area contributed by atoms with Crippen LogP contribution in [0.1, 0.15) is 6.92 Å². The summed E-state index contributed by atoms with van der Waals surface area (Å²) in [5.74, 6) is -0.0654. The van der Waals surface area contributed by atoms with Crippen molar-refractivity contribution in [2.75, 3.05) is 0 Å². The molecule has 0 aliphatic rings. The van der Waals surface area contributed by atoms with Gasteiger partial charge in [-0.3, -0.25) is 4.79 Å². The van der Waals surface area contributed by atoms with Crippen molar-refractivity contribution >= 4 is 5.97 Å². The van der Waals surface area contributed by atoms with E-state index in [-0.39, 0.29) is 11.9 Å². The zero-order chi connectivity index (χ0) is 8.97. The first kappa shape index (κ1) is 8.78. The van der Waals surface area contributed by atoms with Crippen molar-refractivity contribution in [2.24, 2.45) is 5.92 Å². The van der Waals surface area contributed by atoms with Crippen LogP contribution in [-0.2, 0) is 4.79 Å². The second-order valence-corrected chi connectivity index (χ2v) is 2.64. The second kappa shape index (κ2) is 3.90. The number of carbonyl (C=O) groups is 1. The molecule has 1 aromatic carbocycles. The Labute approximate surface area is 72.2 Å². The van der Waals surface area contributed by atoms with E-state index in [2.05, 4.69) is 6.92 Å². The molecule has 12 heavy (non-hydrogen) atoms. The van der Waals surface area contributed by atoms with Crippen LogP contribution >= 0.6 is 0 Å². The molecule has 0 bridgehead atoms. The van der Waals surface area contributed by atoms with Crippen LogP contribution in [0.25, 0.3) is 0 Å². The van der Waals surface area contributed by atoms with Crippen LogP contribution < -0.4 is 4.74 Å². The van der Waals surface area contributed by atoms with Crippen molar-refractivity contribution in [3.63, 3.8) is 0 Å². The summed E-state index contributed by atoms with van der Waals surface area (Å²) in [6.45, 7) is 5.26. The largest absolute Gasteiger partial charge is 0.426 e. The first-order valence-electron chi connectivity index (χ1n) is 3.80. The van der Waals surface area contributed by atoms with Gasteiger partial charge in [-0.2, -0.15) is 0 Å². The van der Waals surface area contributed by atoms with Gasteiger partial charge in [0.05, 0.1) is 5.92 Å². The number of benzene rings is 1. The fourth-order valence-corrected chi connectivity index (χ4v) is 0.705. The average Bonchev–Trinajstić information content (AvgIpc) is 2.06. The fraction of sp³-hybridized carbons (Fsp3) is 0.200. The standard InChI is InChI=1S/C10H11O2/c1-8(2)10(11)12-9-6-4-3-5-7-9/h3-8H,1H2,2H3. The third kappa shape index (κ3) is 2.38. The highest BCUT2D eigenvalue weighted by Gasteiger charge is 2.08. The van der Waals surface area contributed by atoms with Gasteiger partial charge in [-0.15, -0.1) is 0 Å². The van der Waals surface area contributed by atoms with Crippen LogP contribution in [0.4, 0.5) is 0 Å². The van der Waals surface area contributed by atoms with Crippen LogP contribution in [0.2, 0.25) is 0 Å². The van der Waals surface area contributed by atoms with Crippen LogP contribution in [0.5, 0.6) is 5.75 Å². The van der Waals surface area contributed by atoms with E-state index in [1.807, 2.05) is 18.2 Å². The summed E-state index contributed by atoms with van der Waals surface area (Å²) < 4.78 is 4.97. The van der Waals surface area contributed by atoms with Gasteiger partial charge in [0.15, 0.2) is 0 Å². The lowest BCUT2D eigenvalue weighted by Crippen LogP contribution is -2.14. The van der Waals surface area contributed by atoms with E-state index in [1.165, 1.54) is 0 Å². The van der Waals surface area contributed by atoms with Crippen LogP contribution in [-0.4, -0.2) is 5.97 Å². The molecule has 0 spiro atoms. The Kier molecular flexibility index (Phi) is 2.86. The smallest absolute Gasteiger partial charge is 0.314 e. The lowest BCUT2D eigenvalue weighted by molar-refractivity contribution is -0.136. The first-order chi connectivity index (χ1) is 5.70. The maximum atomic E-state index is 11.0. The molecule has 1 rings (SSSR count). The molecule has 2 heteroatoms. The third-order valence-corrected chi connectivity index (χ3v) is 1.36. The SMILES string of the molecule is [CH2]C(C)C(=O)Oc1ccccc1. The maximum absolute atomic E-state index is 11.0. The Morgan fingerprint density at radius 1 is 1.42 bits per heavy atom. The second-order valence-electron chi connectivity index (χ2n) is 2.64. The summed E-state index contributed by atoms with van der Waals surface area (Å²) in [5, 5.41) is 0. The monoisotopic (exact) mass is 163 g/mol. The number of rotatable bonds is 2. The number of ether oxygens (including phenoxy) is 1. The van der Waals surface area contributed by atoms with Gasteiger partial charge in [-0.1, -0.05) is 25.1 Å². The minimum Gasteiger partial charge on any atom is -0.426 e. The molecule has 0 aliphatic carbocycles. The zero-order valence-corrected chi connectivity index (χ0v) is 6.99. The molecule has 0 amide bonds. The van der Waals surface area contributed by atoms with Gasteiger partial charge in [0.1, 0.15) is 5.75 Å². The molecular formula is C10H11O2. The molecule has 0 saturated heterocycles. The van der Waals surface area contributed by atoms with Crippen LogP contribution in [0, 0.1) is 12.8 Å². The minimum atomic E-state index is -0.329. The van der Waals surface area contributed by atoms with Gasteiger partial charge in [0.2, 0.25) is 0 Å². The summed E-state index contributed by atoms with van der Waals surface area (Å²) in [7, 11) is 0. The summed E-state index contributed by atoms with van der Waals surface area (Å²) in [6.07, 6.45) is 0. The molecule has 63 valence electrons. The summed E-state index contributed by atoms with van der Waals surface area (Å²) >= 11 is 0. The Bertz CT molecular complexity index is 252. The van der Waals surface area contributed by atoms with Crippen molar-refractivity contribution in [2.45, 2.75) is 6.92 Å². The third-order valence-electron chi connectivity index (χ3n) is 1.36. The molecule has 1 unspecified atom stereocenters. The molecule has 1 aromatic rings. The Morgan fingerprint density at radius 3 is 2.50 bits per heavy atom. The average molecular weight is 163 g/mol. The van der Waals surface area contributed by atoms with E-state index in [1.54, 1.807) is 19.1 Å². The molecule has 0 aromatic heterocycles. The molecule has 0 fully saturated rings. The number of esters is 1. The highest BCUT2D eigenvalue weighted by Crippen LogP contribution is 2.10. The highest BCUT2D eigenvalue weighted by molar-refractivity contribution is 5.75. The number of hydrogen-bond acceptors (Lipinski definition) is 2. The van der Waals surface area contributed by atoms with Gasteiger partial charge in [-0.05, 0) is 19.1 Å². The summed E-state index contributed by atoms with van der Waals surface area (Å²) in [6, 6.07) is 8.97. The Hall–Kier alpha value is -1.31. The van der Waals surface area contributed by atoms with E-state index in [9.17, 15) is 4.79 Å². The van der Waals surface area contributed by atoms with Crippen LogP contribution in [0.3, 0.4) is 0 Å². The van der Waals surface area contributed by atoms with E-state index < -0.39 is 0 Å². The predicted octanol–water partition coefficient (Wildman–Crippen LogP) is 2.06. The molecular weight excluding hydrogens is 152 g/mol. The lowest BCUT2D eigenvalue weighted by Gasteiger charge is -2.05. The molecule has 0 aliphatic heterocycles. The van der Waals surface area contributed by atoms with E-state index in [4.69, 9.17) is 4.74 Å². The predicted molar refractivity (Wildman–Crippen MR) is 46.6 cm³/mol. The Balaban J connectivity index is 2.59. The fourth-order valence-electron chi connectivity index (χ4n) is 0.705. The van der Waals surface area contributed by atoms with Gasteiger partial charge >= 0.3 is 5.97 Å². The van der Waals surface area contributed by atoms with Gasteiger partial charge in [0, 0.05) is 0 Å². The maximum Gasteiger partial charge on any atom is 0.314 e. The van der Waals surface area contributed by atoms with Crippen molar-refractivity contribution < 1.29 is 9.53 Å². The summed E-state index contributed by atoms with van der Waals surface area (Å²) in [5.41, 5.74) is 0. The van der Waals surface area contributed by atoms with Gasteiger partial charge < -0.3 is 4.74 Å². The van der Waals surface area contributed by atoms with Crippen molar-refractivity contribution in [1.82, 2.24) is 0 Å². The van der Waals surface area contributed by atoms with Gasteiger partial charge in [-0.25, -0.2) is 0 Å². The number of carbonyl (C=O) groups excluding carboxylic acids is 1. The normalized spacial score (nSPS) is 9.92. The topological polar surface area (TPSA) is 26.3 Å². The first-order valence-corrected chi connectivity index (χ1v) is 3.80. The minimum absolute atomic E-state index is 0.304. The van der Waals surface area contributed by atoms with Crippen molar-refractivity contribution in [3.05, 3.63) is 37.3 Å². The quantitative estimate of drug-likeness (QED) is 0.492. The lowest BCUT2D eigenvalue weighted by atomic mass is 10.2. The summed E-state index contributed by atoms with van der Waals surface area (Å²) in [4.78, 5) is 11.0. The van der Waals surface area contributed by atoms with Crippen molar-refractivity contribution in [1.29, 1.82) is 0 Å². The van der Waals surface area contributed by atoms with Crippen LogP contribution in [0.15, 0.2) is 30.3 Å².